The van der Waals surface area contributed by atoms with Crippen molar-refractivity contribution in [3.05, 3.63) is 179 Å². The highest BCUT2D eigenvalue weighted by atomic mass is 16.3. The van der Waals surface area contributed by atoms with Crippen LogP contribution in [0.5, 0.6) is 0 Å². The normalized spacial score (nSPS) is 11.6. The highest BCUT2D eigenvalue weighted by Crippen LogP contribution is 2.40. The smallest absolute Gasteiger partial charge is 0.135 e. The SMILES string of the molecule is C=Cc1c(/C=C\C)c2ccccc2c2ccc(/C(=C/c3c(CC)oc4cccc(C(N=C)c5ccccc5)c34)CC)cc12.CN.CO.Cc1ccccc1. The summed E-state index contributed by atoms with van der Waals surface area (Å²) >= 11 is 0. The maximum atomic E-state index is 7.00. The number of aliphatic hydroxyl groups is 1. The molecular weight excluding hydrogens is 661 g/mol. The molecule has 0 amide bonds. The lowest BCUT2D eigenvalue weighted by Crippen LogP contribution is -1.99. The fraction of sp³-hybridized carbons (Fsp3) is 0.180. The van der Waals surface area contributed by atoms with Crippen molar-refractivity contribution in [1.29, 1.82) is 0 Å². The molecule has 0 radical (unpaired) electrons. The number of rotatable bonds is 9. The number of aliphatic imine (C=N–C) groups is 1. The number of hydrogen-bond acceptors (Lipinski definition) is 4. The van der Waals surface area contributed by atoms with Gasteiger partial charge in [0.1, 0.15) is 11.3 Å². The summed E-state index contributed by atoms with van der Waals surface area (Å²) in [7, 11) is 2.50. The van der Waals surface area contributed by atoms with Crippen LogP contribution in [0.3, 0.4) is 0 Å². The van der Waals surface area contributed by atoms with Crippen LogP contribution < -0.4 is 5.73 Å². The van der Waals surface area contributed by atoms with E-state index in [9.17, 15) is 0 Å². The monoisotopic (exact) mass is 714 g/mol. The molecular formula is C50H54N2O2. The average Bonchev–Trinajstić information content (AvgIpc) is 3.60. The summed E-state index contributed by atoms with van der Waals surface area (Å²) in [5.74, 6) is 0.984. The minimum absolute atomic E-state index is 0.182. The summed E-state index contributed by atoms with van der Waals surface area (Å²) in [5.41, 5.74) is 14.9. The zero-order chi connectivity index (χ0) is 39.0. The zero-order valence-electron chi connectivity index (χ0n) is 32.6. The van der Waals surface area contributed by atoms with Crippen LogP contribution in [-0.4, -0.2) is 26.0 Å². The second-order valence-electron chi connectivity index (χ2n) is 12.5. The lowest BCUT2D eigenvalue weighted by molar-refractivity contribution is 0.399. The van der Waals surface area contributed by atoms with Crippen molar-refractivity contribution < 1.29 is 9.52 Å². The van der Waals surface area contributed by atoms with Gasteiger partial charge >= 0.3 is 0 Å². The van der Waals surface area contributed by atoms with Crippen LogP contribution in [0.2, 0.25) is 0 Å². The standard InChI is InChI=1S/C41H37NO.C7H8.CH5N.CH4O/c1-6-16-31-30(8-3)36-26-29(23-24-34(36)33-20-14-13-19-32(31)33)27(7-2)25-37-38(9-4)43-39-22-15-21-35(40(37)39)41(42-5)28-17-11-10-12-18-28;1-7-5-3-2-4-6-7;2*1-2/h6,8,10-26,41H,3,5,7,9H2,1-2,4H3;2-6H,1H3;2H2,1H3;2H,1H3/b16-6-,27-25+;;;. The number of benzene rings is 6. The third-order valence-electron chi connectivity index (χ3n) is 9.43. The van der Waals surface area contributed by atoms with Crippen molar-refractivity contribution in [2.24, 2.45) is 10.7 Å². The molecule has 7 rings (SSSR count). The van der Waals surface area contributed by atoms with Crippen LogP contribution in [0.4, 0.5) is 0 Å². The van der Waals surface area contributed by atoms with Gasteiger partial charge in [0.05, 0.1) is 6.04 Å². The van der Waals surface area contributed by atoms with Crippen LogP contribution in [0, 0.1) is 6.92 Å². The van der Waals surface area contributed by atoms with Crippen LogP contribution >= 0.6 is 0 Å². The van der Waals surface area contributed by atoms with Gasteiger partial charge in [0, 0.05) is 24.5 Å². The van der Waals surface area contributed by atoms with E-state index >= 15 is 0 Å². The fourth-order valence-electron chi connectivity index (χ4n) is 7.02. The Morgan fingerprint density at radius 2 is 1.39 bits per heavy atom. The van der Waals surface area contributed by atoms with Gasteiger partial charge in [0.15, 0.2) is 0 Å². The molecule has 1 heterocycles. The lowest BCUT2D eigenvalue weighted by atomic mass is 9.88. The molecule has 1 aromatic heterocycles. The Hall–Kier alpha value is -5.81. The van der Waals surface area contributed by atoms with Crippen LogP contribution in [0.25, 0.3) is 56.3 Å². The Morgan fingerprint density at radius 1 is 0.759 bits per heavy atom. The summed E-state index contributed by atoms with van der Waals surface area (Å²) in [6, 6.07) is 42.3. The van der Waals surface area contributed by atoms with E-state index in [-0.39, 0.29) is 6.04 Å². The third-order valence-corrected chi connectivity index (χ3v) is 9.43. The van der Waals surface area contributed by atoms with E-state index in [1.54, 1.807) is 0 Å². The lowest BCUT2D eigenvalue weighted by Gasteiger charge is -2.16. The van der Waals surface area contributed by atoms with E-state index in [1.165, 1.54) is 50.9 Å². The van der Waals surface area contributed by atoms with Gasteiger partial charge in [-0.1, -0.05) is 153 Å². The zero-order valence-corrected chi connectivity index (χ0v) is 32.6. The number of fused-ring (bicyclic) bond motifs is 4. The minimum Gasteiger partial charge on any atom is -0.460 e. The molecule has 6 aromatic carbocycles. The predicted molar refractivity (Wildman–Crippen MR) is 237 cm³/mol. The van der Waals surface area contributed by atoms with E-state index in [1.807, 2.05) is 30.3 Å². The topological polar surface area (TPSA) is 71.8 Å². The van der Waals surface area contributed by atoms with Gasteiger partial charge in [-0.2, -0.15) is 0 Å². The van der Waals surface area contributed by atoms with Gasteiger partial charge in [-0.05, 0) is 107 Å². The largest absolute Gasteiger partial charge is 0.460 e. The second-order valence-corrected chi connectivity index (χ2v) is 12.5. The summed E-state index contributed by atoms with van der Waals surface area (Å²) in [4.78, 5) is 4.59. The molecule has 0 bridgehead atoms. The summed E-state index contributed by atoms with van der Waals surface area (Å²) in [6.07, 6.45) is 10.3. The molecule has 276 valence electrons. The van der Waals surface area contributed by atoms with Gasteiger partial charge in [0.25, 0.3) is 0 Å². The second kappa shape index (κ2) is 20.4. The van der Waals surface area contributed by atoms with E-state index in [0.29, 0.717) is 0 Å². The van der Waals surface area contributed by atoms with E-state index < -0.39 is 0 Å². The first-order chi connectivity index (χ1) is 26.5. The van der Waals surface area contributed by atoms with Crippen molar-refractivity contribution in [1.82, 2.24) is 0 Å². The quantitative estimate of drug-likeness (QED) is 0.115. The van der Waals surface area contributed by atoms with Crippen molar-refractivity contribution in [3.8, 4) is 0 Å². The van der Waals surface area contributed by atoms with Crippen LogP contribution in [0.1, 0.15) is 77.9 Å². The van der Waals surface area contributed by atoms with E-state index in [0.717, 1.165) is 58.9 Å². The Labute approximate surface area is 321 Å². The van der Waals surface area contributed by atoms with Crippen LogP contribution in [-0.2, 0) is 6.42 Å². The first-order valence-corrected chi connectivity index (χ1v) is 18.6. The number of aliphatic hydroxyl groups excluding tert-OH is 1. The van der Waals surface area contributed by atoms with Crippen molar-refractivity contribution in [2.75, 3.05) is 14.2 Å². The molecule has 0 aliphatic heterocycles. The molecule has 0 aliphatic rings. The van der Waals surface area contributed by atoms with Gasteiger partial charge in [-0.25, -0.2) is 0 Å². The molecule has 1 atom stereocenters. The third kappa shape index (κ3) is 8.86. The Kier molecular flexibility index (Phi) is 15.5. The minimum atomic E-state index is -0.182. The Morgan fingerprint density at radius 3 is 1.96 bits per heavy atom. The first kappa shape index (κ1) is 41.0. The summed E-state index contributed by atoms with van der Waals surface area (Å²) < 4.78 is 6.47. The first-order valence-electron chi connectivity index (χ1n) is 18.6. The van der Waals surface area contributed by atoms with Crippen molar-refractivity contribution >= 4 is 63.0 Å². The molecule has 0 saturated carbocycles. The fourth-order valence-corrected chi connectivity index (χ4v) is 7.02. The molecule has 54 heavy (non-hydrogen) atoms. The predicted octanol–water partition coefficient (Wildman–Crippen LogP) is 12.9. The molecule has 0 aliphatic carbocycles. The number of nitrogens with two attached hydrogens (primary N) is 1. The average molecular weight is 715 g/mol. The molecule has 7 aromatic rings. The maximum Gasteiger partial charge on any atom is 0.135 e. The van der Waals surface area contributed by atoms with E-state index in [4.69, 9.17) is 9.52 Å². The molecule has 0 spiro atoms. The van der Waals surface area contributed by atoms with Crippen LogP contribution in [0.15, 0.2) is 143 Å². The molecule has 1 unspecified atom stereocenters. The molecule has 3 N–H and O–H groups in total. The molecule has 0 saturated heterocycles. The molecule has 0 fully saturated rings. The Bertz CT molecular complexity index is 2350. The van der Waals surface area contributed by atoms with Gasteiger partial charge in [-0.15, -0.1) is 0 Å². The molecule has 4 heteroatoms. The maximum absolute atomic E-state index is 7.00. The van der Waals surface area contributed by atoms with Gasteiger partial charge in [0.2, 0.25) is 0 Å². The number of aryl methyl sites for hydroxylation is 2. The van der Waals surface area contributed by atoms with E-state index in [2.05, 4.69) is 167 Å². The summed E-state index contributed by atoms with van der Waals surface area (Å²) in [5, 5.41) is 13.1. The van der Waals surface area contributed by atoms with Gasteiger partial charge < -0.3 is 15.3 Å². The summed E-state index contributed by atoms with van der Waals surface area (Å²) in [6.45, 7) is 16.7. The number of allylic oxidation sites excluding steroid dienone is 2. The molecule has 4 nitrogen and oxygen atoms in total. The van der Waals surface area contributed by atoms with Crippen molar-refractivity contribution in [2.45, 2.75) is 46.6 Å². The highest BCUT2D eigenvalue weighted by molar-refractivity contribution is 6.15. The van der Waals surface area contributed by atoms with Gasteiger partial charge in [-0.3, -0.25) is 4.99 Å². The Balaban J connectivity index is 0.000000519. The number of furan rings is 1. The number of nitrogens with zero attached hydrogens (tertiary/aromatic N) is 1. The number of hydrogen-bond donors (Lipinski definition) is 2. The highest BCUT2D eigenvalue weighted by Gasteiger charge is 2.21. The van der Waals surface area contributed by atoms with Crippen molar-refractivity contribution in [3.63, 3.8) is 0 Å².